The van der Waals surface area contributed by atoms with Gasteiger partial charge in [0.1, 0.15) is 5.60 Å². The van der Waals surface area contributed by atoms with Crippen molar-refractivity contribution in [1.82, 2.24) is 5.32 Å². The third-order valence-electron chi connectivity index (χ3n) is 1.48. The molecule has 0 radical (unpaired) electrons. The number of thiophene rings is 1. The van der Waals surface area contributed by atoms with Crippen molar-refractivity contribution in [3.8, 4) is 0 Å². The predicted molar refractivity (Wildman–Crippen MR) is 62.4 cm³/mol. The normalized spacial score (nSPS) is 11.2. The average molecular weight is 248 g/mol. The molecule has 1 amide bonds. The van der Waals surface area contributed by atoms with E-state index in [0.717, 1.165) is 4.88 Å². The molecule has 0 atom stereocenters. The summed E-state index contributed by atoms with van der Waals surface area (Å²) < 4.78 is 5.09. The van der Waals surface area contributed by atoms with Gasteiger partial charge >= 0.3 is 6.09 Å². The number of halogens is 1. The first-order valence-electron chi connectivity index (χ1n) is 4.57. The first-order chi connectivity index (χ1) is 6.88. The van der Waals surface area contributed by atoms with Gasteiger partial charge in [-0.1, -0.05) is 11.6 Å². The lowest BCUT2D eigenvalue weighted by Crippen LogP contribution is -2.31. The SMILES string of the molecule is CC(C)(C)OC(=O)NCc1sccc1Cl. The Hall–Kier alpha value is -0.740. The molecule has 1 heterocycles. The van der Waals surface area contributed by atoms with E-state index in [0.29, 0.717) is 11.6 Å². The largest absolute Gasteiger partial charge is 0.444 e. The van der Waals surface area contributed by atoms with Gasteiger partial charge in [0.25, 0.3) is 0 Å². The summed E-state index contributed by atoms with van der Waals surface area (Å²) in [6, 6.07) is 1.80. The molecule has 5 heteroatoms. The quantitative estimate of drug-likeness (QED) is 0.870. The number of nitrogens with one attached hydrogen (secondary N) is 1. The van der Waals surface area contributed by atoms with E-state index >= 15 is 0 Å². The molecule has 1 aromatic heterocycles. The van der Waals surface area contributed by atoms with Crippen molar-refractivity contribution in [2.75, 3.05) is 0 Å². The molecule has 84 valence electrons. The fraction of sp³-hybridized carbons (Fsp3) is 0.500. The minimum Gasteiger partial charge on any atom is -0.444 e. The number of rotatable bonds is 2. The second-order valence-corrected chi connectivity index (χ2v) is 5.46. The molecule has 0 bridgehead atoms. The predicted octanol–water partition coefficient (Wildman–Crippen LogP) is 3.43. The summed E-state index contributed by atoms with van der Waals surface area (Å²) in [7, 11) is 0. The summed E-state index contributed by atoms with van der Waals surface area (Å²) in [6.07, 6.45) is -0.424. The maximum absolute atomic E-state index is 11.3. The van der Waals surface area contributed by atoms with Gasteiger partial charge < -0.3 is 10.1 Å². The van der Waals surface area contributed by atoms with Gasteiger partial charge in [-0.2, -0.15) is 0 Å². The van der Waals surface area contributed by atoms with Crippen LogP contribution in [-0.4, -0.2) is 11.7 Å². The van der Waals surface area contributed by atoms with Crippen LogP contribution in [0.5, 0.6) is 0 Å². The van der Waals surface area contributed by atoms with Gasteiger partial charge in [0.2, 0.25) is 0 Å². The molecule has 0 spiro atoms. The van der Waals surface area contributed by atoms with Crippen LogP contribution in [0.4, 0.5) is 4.79 Å². The molecule has 1 aromatic rings. The van der Waals surface area contributed by atoms with E-state index in [2.05, 4.69) is 5.32 Å². The second-order valence-electron chi connectivity index (χ2n) is 4.05. The number of hydrogen-bond donors (Lipinski definition) is 1. The Bertz CT molecular complexity index is 343. The minimum atomic E-state index is -0.469. The molecule has 1 N–H and O–H groups in total. The Morgan fingerprint density at radius 1 is 1.60 bits per heavy atom. The van der Waals surface area contributed by atoms with Crippen molar-refractivity contribution in [3.63, 3.8) is 0 Å². The Morgan fingerprint density at radius 2 is 2.27 bits per heavy atom. The van der Waals surface area contributed by atoms with Gasteiger partial charge in [-0.05, 0) is 32.2 Å². The van der Waals surface area contributed by atoms with Crippen LogP contribution < -0.4 is 5.32 Å². The molecule has 0 unspecified atom stereocenters. The Morgan fingerprint density at radius 3 is 2.73 bits per heavy atom. The first-order valence-corrected chi connectivity index (χ1v) is 5.83. The van der Waals surface area contributed by atoms with E-state index in [1.807, 2.05) is 26.2 Å². The standard InChI is InChI=1S/C10H14ClNO2S/c1-10(2,3)14-9(13)12-6-8-7(11)4-5-15-8/h4-5H,6H2,1-3H3,(H,12,13). The summed E-state index contributed by atoms with van der Waals surface area (Å²) >= 11 is 7.38. The molecule has 0 fully saturated rings. The number of alkyl carbamates (subject to hydrolysis) is 1. The van der Waals surface area contributed by atoms with Crippen LogP contribution in [-0.2, 0) is 11.3 Å². The molecule has 0 aliphatic rings. The third kappa shape index (κ3) is 4.53. The summed E-state index contributed by atoms with van der Waals surface area (Å²) in [5.41, 5.74) is -0.469. The first kappa shape index (κ1) is 12.3. The van der Waals surface area contributed by atoms with E-state index in [9.17, 15) is 4.79 Å². The highest BCUT2D eigenvalue weighted by Gasteiger charge is 2.16. The van der Waals surface area contributed by atoms with E-state index < -0.39 is 11.7 Å². The molecular weight excluding hydrogens is 234 g/mol. The summed E-state index contributed by atoms with van der Waals surface area (Å²) in [4.78, 5) is 12.2. The fourth-order valence-corrected chi connectivity index (χ4v) is 1.96. The highest BCUT2D eigenvalue weighted by molar-refractivity contribution is 7.10. The molecular formula is C10H14ClNO2S. The number of hydrogen-bond acceptors (Lipinski definition) is 3. The molecule has 0 aromatic carbocycles. The van der Waals surface area contributed by atoms with Crippen molar-refractivity contribution in [2.45, 2.75) is 32.9 Å². The van der Waals surface area contributed by atoms with Crippen LogP contribution in [0.1, 0.15) is 25.6 Å². The fourth-order valence-electron chi connectivity index (χ4n) is 0.918. The van der Waals surface area contributed by atoms with Gasteiger partial charge in [0, 0.05) is 4.88 Å². The number of carbonyl (C=O) groups excluding carboxylic acids is 1. The molecule has 0 aliphatic carbocycles. The third-order valence-corrected chi connectivity index (χ3v) is 2.87. The van der Waals surface area contributed by atoms with Crippen molar-refractivity contribution in [3.05, 3.63) is 21.3 Å². The van der Waals surface area contributed by atoms with Crippen LogP contribution >= 0.6 is 22.9 Å². The summed E-state index contributed by atoms with van der Waals surface area (Å²) in [5.74, 6) is 0. The molecule has 0 saturated heterocycles. The molecule has 0 saturated carbocycles. The van der Waals surface area contributed by atoms with E-state index in [-0.39, 0.29) is 0 Å². The average Bonchev–Trinajstić information content (AvgIpc) is 2.44. The maximum atomic E-state index is 11.3. The second kappa shape index (κ2) is 4.86. The van der Waals surface area contributed by atoms with E-state index in [1.54, 1.807) is 6.07 Å². The zero-order valence-electron chi connectivity index (χ0n) is 8.96. The van der Waals surface area contributed by atoms with E-state index in [1.165, 1.54) is 11.3 Å². The smallest absolute Gasteiger partial charge is 0.407 e. The molecule has 15 heavy (non-hydrogen) atoms. The van der Waals surface area contributed by atoms with Crippen LogP contribution in [0.15, 0.2) is 11.4 Å². The lowest BCUT2D eigenvalue weighted by molar-refractivity contribution is 0.0524. The molecule has 3 nitrogen and oxygen atoms in total. The monoisotopic (exact) mass is 247 g/mol. The van der Waals surface area contributed by atoms with Crippen molar-refractivity contribution in [1.29, 1.82) is 0 Å². The maximum Gasteiger partial charge on any atom is 0.407 e. The van der Waals surface area contributed by atoms with Gasteiger partial charge in [0.15, 0.2) is 0 Å². The van der Waals surface area contributed by atoms with Gasteiger partial charge in [-0.25, -0.2) is 4.79 Å². The topological polar surface area (TPSA) is 38.3 Å². The van der Waals surface area contributed by atoms with Gasteiger partial charge in [-0.3, -0.25) is 0 Å². The summed E-state index contributed by atoms with van der Waals surface area (Å²) in [5, 5.41) is 5.21. The number of carbonyl (C=O) groups is 1. The zero-order valence-corrected chi connectivity index (χ0v) is 10.5. The number of ether oxygens (including phenoxy) is 1. The molecule has 0 aliphatic heterocycles. The molecule has 1 rings (SSSR count). The van der Waals surface area contributed by atoms with Crippen molar-refractivity contribution in [2.24, 2.45) is 0 Å². The highest BCUT2D eigenvalue weighted by atomic mass is 35.5. The lowest BCUT2D eigenvalue weighted by atomic mass is 10.2. The Kier molecular flexibility index (Phi) is 3.99. The van der Waals surface area contributed by atoms with E-state index in [4.69, 9.17) is 16.3 Å². The van der Waals surface area contributed by atoms with Gasteiger partial charge in [0.05, 0.1) is 11.6 Å². The number of amides is 1. The Labute approximate surface area is 98.4 Å². The van der Waals surface area contributed by atoms with Crippen LogP contribution in [0, 0.1) is 0 Å². The lowest BCUT2D eigenvalue weighted by Gasteiger charge is -2.19. The van der Waals surface area contributed by atoms with Crippen molar-refractivity contribution < 1.29 is 9.53 Å². The Balaban J connectivity index is 2.38. The van der Waals surface area contributed by atoms with Gasteiger partial charge in [-0.15, -0.1) is 11.3 Å². The van der Waals surface area contributed by atoms with Crippen molar-refractivity contribution >= 4 is 29.0 Å². The minimum absolute atomic E-state index is 0.408. The highest BCUT2D eigenvalue weighted by Crippen LogP contribution is 2.21. The zero-order chi connectivity index (χ0) is 11.5. The summed E-state index contributed by atoms with van der Waals surface area (Å²) in [6.45, 7) is 5.88. The van der Waals surface area contributed by atoms with Crippen LogP contribution in [0.2, 0.25) is 5.02 Å². The van der Waals surface area contributed by atoms with Crippen LogP contribution in [0.3, 0.4) is 0 Å². The van der Waals surface area contributed by atoms with Crippen LogP contribution in [0.25, 0.3) is 0 Å².